The zero-order valence-electron chi connectivity index (χ0n) is 32.7. The zero-order chi connectivity index (χ0) is 44.6. The van der Waals surface area contributed by atoms with Crippen molar-refractivity contribution in [2.45, 2.75) is 19.3 Å². The van der Waals surface area contributed by atoms with Gasteiger partial charge in [-0.3, -0.25) is 14.4 Å². The first-order valence-electron chi connectivity index (χ1n) is 19.5. The Labute approximate surface area is 366 Å². The van der Waals surface area contributed by atoms with Crippen molar-refractivity contribution in [2.24, 2.45) is 0 Å². The molecule has 314 valence electrons. The van der Waals surface area contributed by atoms with Gasteiger partial charge in [0, 0.05) is 75.1 Å². The van der Waals surface area contributed by atoms with Gasteiger partial charge < -0.3 is 14.6 Å². The van der Waals surface area contributed by atoms with Crippen molar-refractivity contribution in [3.05, 3.63) is 187 Å². The fourth-order valence-electron chi connectivity index (χ4n) is 8.13. The van der Waals surface area contributed by atoms with Gasteiger partial charge in [0.25, 0.3) is 0 Å². The molecule has 1 atom stereocenters. The molecular weight excluding hydrogens is 869 g/mol. The van der Waals surface area contributed by atoms with Crippen LogP contribution in [0.4, 0.5) is 17.6 Å². The molecule has 1 unspecified atom stereocenters. The Bertz CT molecular complexity index is 3440. The lowest BCUT2D eigenvalue weighted by atomic mass is 9.98. The normalized spacial score (nSPS) is 15.8. The topological polar surface area (TPSA) is 124 Å². The number of ether oxygens (including phenoxy) is 2. The summed E-state index contributed by atoms with van der Waals surface area (Å²) in [7, 11) is 0. The number of hydrogen-bond donors (Lipinski definition) is 1. The molecule has 0 saturated heterocycles. The molecule has 0 aliphatic heterocycles. The molecule has 0 amide bonds. The lowest BCUT2D eigenvalue weighted by Gasteiger charge is -2.12. The van der Waals surface area contributed by atoms with Crippen LogP contribution < -0.4 is 0 Å². The number of carbonyl (C=O) groups excluding carboxylic acids is 5. The molecule has 0 fully saturated rings. The van der Waals surface area contributed by atoms with Crippen LogP contribution in [-0.4, -0.2) is 34.4 Å². The van der Waals surface area contributed by atoms with E-state index in [1.54, 1.807) is 72.8 Å². The number of Topliss-reactive ketones (excluding diaryl/α,β-unsaturated/α-hetero) is 3. The quantitative estimate of drug-likeness (QED) is 0.0692. The number of aliphatic hydroxyl groups excluding tert-OH is 1. The van der Waals surface area contributed by atoms with Gasteiger partial charge in [-0.05, 0) is 65.2 Å². The molecular formula is C50H26F4O8S2. The molecule has 64 heavy (non-hydrogen) atoms. The minimum atomic E-state index is -1.87. The predicted molar refractivity (Wildman–Crippen MR) is 234 cm³/mol. The summed E-state index contributed by atoms with van der Waals surface area (Å²) in [4.78, 5) is 68.4. The molecule has 0 spiro atoms. The van der Waals surface area contributed by atoms with Crippen molar-refractivity contribution in [1.29, 1.82) is 0 Å². The van der Waals surface area contributed by atoms with Gasteiger partial charge in [-0.15, -0.1) is 22.7 Å². The monoisotopic (exact) mass is 894 g/mol. The highest BCUT2D eigenvalue weighted by Crippen LogP contribution is 2.46. The van der Waals surface area contributed by atoms with Crippen LogP contribution >= 0.6 is 22.7 Å². The van der Waals surface area contributed by atoms with E-state index in [0.717, 1.165) is 34.8 Å². The number of thiophene rings is 2. The van der Waals surface area contributed by atoms with Gasteiger partial charge in [-0.2, -0.15) is 0 Å². The zero-order valence-corrected chi connectivity index (χ0v) is 34.3. The Morgan fingerprint density at radius 3 is 1.59 bits per heavy atom. The molecule has 14 heteroatoms. The third-order valence-electron chi connectivity index (χ3n) is 11.1. The summed E-state index contributed by atoms with van der Waals surface area (Å²) in [6.07, 6.45) is 0.823. The van der Waals surface area contributed by atoms with Crippen molar-refractivity contribution in [1.82, 2.24) is 0 Å². The van der Waals surface area contributed by atoms with E-state index in [-0.39, 0.29) is 52.2 Å². The number of esters is 2. The van der Waals surface area contributed by atoms with Crippen LogP contribution in [0.5, 0.6) is 0 Å². The Kier molecular flexibility index (Phi) is 10.0. The van der Waals surface area contributed by atoms with Gasteiger partial charge in [-0.25, -0.2) is 27.2 Å². The molecule has 0 bridgehead atoms. The number of halogens is 4. The second-order valence-corrected chi connectivity index (χ2v) is 17.2. The highest BCUT2D eigenvalue weighted by molar-refractivity contribution is 7.22. The molecule has 10 rings (SSSR count). The van der Waals surface area contributed by atoms with Gasteiger partial charge in [0.2, 0.25) is 11.6 Å². The summed E-state index contributed by atoms with van der Waals surface area (Å²) in [6, 6.07) is 27.2. The molecule has 0 radical (unpaired) electrons. The van der Waals surface area contributed by atoms with Gasteiger partial charge in [0.15, 0.2) is 5.78 Å². The first kappa shape index (κ1) is 40.7. The van der Waals surface area contributed by atoms with Gasteiger partial charge in [0.05, 0.1) is 16.7 Å². The molecule has 2 aromatic heterocycles. The molecule has 8 aromatic rings. The Hall–Kier alpha value is -7.39. The highest BCUT2D eigenvalue weighted by Gasteiger charge is 2.38. The van der Waals surface area contributed by atoms with Crippen molar-refractivity contribution in [3.63, 3.8) is 0 Å². The van der Waals surface area contributed by atoms with Crippen LogP contribution in [0.1, 0.15) is 74.7 Å². The van der Waals surface area contributed by atoms with Crippen molar-refractivity contribution < 1.29 is 56.1 Å². The van der Waals surface area contributed by atoms with Crippen LogP contribution in [0.15, 0.2) is 109 Å². The average Bonchev–Trinajstić information content (AvgIpc) is 4.02. The van der Waals surface area contributed by atoms with Crippen molar-refractivity contribution >= 4 is 106 Å². The van der Waals surface area contributed by atoms with Gasteiger partial charge >= 0.3 is 11.9 Å². The third-order valence-corrected chi connectivity index (χ3v) is 13.3. The fourth-order valence-corrected chi connectivity index (χ4v) is 10.4. The van der Waals surface area contributed by atoms with Crippen LogP contribution in [0, 0.1) is 23.3 Å². The van der Waals surface area contributed by atoms with Crippen molar-refractivity contribution in [3.8, 4) is 0 Å². The molecule has 2 aliphatic rings. The lowest BCUT2D eigenvalue weighted by Crippen LogP contribution is -2.07. The standard InChI is InChI=1S/C50H26F4O8S2/c51-25-11-29-31(43(55)45(57)41(29)39(53)13-25)15-27-17-33-37(49(59)61-21-23-7-3-1-4-8-23)19-35-36(47(33)63-27)20-38(50(60)62-22-24-9-5-2-6-10-24)34-18-28(64-48(34)35)16-32-30-12-26(52)14-40(54)42(30)46(58)44(32)56/h1-20,45,57H,21-22H2/b31-15-,32-16-. The third kappa shape index (κ3) is 6.92. The lowest BCUT2D eigenvalue weighted by molar-refractivity contribution is -0.120. The Morgan fingerprint density at radius 1 is 0.578 bits per heavy atom. The Morgan fingerprint density at radius 2 is 1.06 bits per heavy atom. The maximum atomic E-state index is 14.9. The number of benzene rings is 6. The molecule has 8 nitrogen and oxygen atoms in total. The summed E-state index contributed by atoms with van der Waals surface area (Å²) < 4.78 is 71.1. The van der Waals surface area contributed by atoms with Gasteiger partial charge in [0.1, 0.15) is 42.6 Å². The maximum Gasteiger partial charge on any atom is 0.339 e. The second-order valence-electron chi connectivity index (χ2n) is 15.1. The van der Waals surface area contributed by atoms with Gasteiger partial charge in [-0.1, -0.05) is 60.7 Å². The van der Waals surface area contributed by atoms with E-state index in [0.29, 0.717) is 64.0 Å². The number of allylic oxidation sites excluding steroid dienone is 1. The Balaban J connectivity index is 1.20. The number of ketones is 3. The van der Waals surface area contributed by atoms with E-state index >= 15 is 0 Å². The summed E-state index contributed by atoms with van der Waals surface area (Å²) in [6.45, 7) is -0.181. The van der Waals surface area contributed by atoms with Crippen molar-refractivity contribution in [2.75, 3.05) is 0 Å². The van der Waals surface area contributed by atoms with E-state index in [1.165, 1.54) is 12.2 Å². The largest absolute Gasteiger partial charge is 0.457 e. The molecule has 2 heterocycles. The SMILES string of the molecule is O=C1C(=O)c2c(F)cc(F)cc2/C1=C/c1cc2c(C(=O)OCc3ccccc3)cc3c(cc(C(=O)OCc4ccccc4)c4cc(/C=C5\C(=O)C(O)c6c(F)cc(F)cc65)sc43)c2s1. The maximum absolute atomic E-state index is 14.9. The predicted octanol–water partition coefficient (Wildman–Crippen LogP) is 11.0. The highest BCUT2D eigenvalue weighted by atomic mass is 32.1. The number of carbonyl (C=O) groups is 5. The van der Waals surface area contributed by atoms with E-state index in [2.05, 4.69) is 0 Å². The summed E-state index contributed by atoms with van der Waals surface area (Å²) in [5.41, 5.74) is -0.0886. The smallest absolute Gasteiger partial charge is 0.339 e. The summed E-state index contributed by atoms with van der Waals surface area (Å²) in [5.74, 6) is -8.71. The first-order valence-corrected chi connectivity index (χ1v) is 21.1. The van der Waals surface area contributed by atoms with Crippen LogP contribution in [-0.2, 0) is 32.3 Å². The van der Waals surface area contributed by atoms with Crippen LogP contribution in [0.25, 0.3) is 54.2 Å². The van der Waals surface area contributed by atoms with E-state index in [9.17, 15) is 46.6 Å². The molecule has 2 aliphatic carbocycles. The first-order chi connectivity index (χ1) is 30.8. The number of aliphatic hydroxyl groups is 1. The van der Waals surface area contributed by atoms with Crippen LogP contribution in [0.3, 0.4) is 0 Å². The van der Waals surface area contributed by atoms with Crippen LogP contribution in [0.2, 0.25) is 0 Å². The van der Waals surface area contributed by atoms with E-state index < -0.39 is 64.2 Å². The van der Waals surface area contributed by atoms with E-state index in [4.69, 9.17) is 9.47 Å². The second kappa shape index (κ2) is 15.8. The molecule has 0 saturated carbocycles. The minimum Gasteiger partial charge on any atom is -0.457 e. The summed E-state index contributed by atoms with van der Waals surface area (Å²) in [5, 5.41) is 12.2. The number of rotatable bonds is 8. The average molecular weight is 895 g/mol. The summed E-state index contributed by atoms with van der Waals surface area (Å²) >= 11 is 2.17. The van der Waals surface area contributed by atoms with E-state index in [1.807, 2.05) is 12.1 Å². The minimum absolute atomic E-state index is 0.0774. The molecule has 1 N–H and O–H groups in total. The number of hydrogen-bond acceptors (Lipinski definition) is 10. The number of fused-ring (bicyclic) bond motifs is 7. The molecule has 6 aromatic carbocycles. The fraction of sp³-hybridized carbons (Fsp3) is 0.0600.